The molecule has 0 radical (unpaired) electrons. The quantitative estimate of drug-likeness (QED) is 0.877. The van der Waals surface area contributed by atoms with Crippen LogP contribution in [0.2, 0.25) is 0 Å². The lowest BCUT2D eigenvalue weighted by atomic mass is 10.00. The molecule has 1 fully saturated rings. The second-order valence-electron chi connectivity index (χ2n) is 7.06. The molecular weight excluding hydrogens is 304 g/mol. The van der Waals surface area contributed by atoms with Crippen LogP contribution < -0.4 is 4.90 Å². The fraction of sp³-hybridized carbons (Fsp3) is 0.529. The van der Waals surface area contributed by atoms with Crippen LogP contribution in [0.4, 0.5) is 0 Å². The van der Waals surface area contributed by atoms with Gasteiger partial charge in [0.1, 0.15) is 13.1 Å². The van der Waals surface area contributed by atoms with Gasteiger partial charge >= 0.3 is 0 Å². The SMILES string of the molecule is CC(C)(C)n1nnnc1[C@H](c1cccc(C#N)c1)[NH+]1CCOCC1. The van der Waals surface area contributed by atoms with Gasteiger partial charge in [0.05, 0.1) is 30.4 Å². The van der Waals surface area contributed by atoms with Crippen molar-refractivity contribution < 1.29 is 9.64 Å². The molecule has 3 rings (SSSR count). The molecule has 0 spiro atoms. The number of hydrogen-bond acceptors (Lipinski definition) is 5. The molecule has 0 amide bonds. The van der Waals surface area contributed by atoms with Gasteiger partial charge in [-0.2, -0.15) is 5.26 Å². The number of aromatic nitrogens is 4. The monoisotopic (exact) mass is 327 g/mol. The first-order chi connectivity index (χ1) is 11.5. The highest BCUT2D eigenvalue weighted by atomic mass is 16.5. The van der Waals surface area contributed by atoms with Crippen LogP contribution in [0, 0.1) is 11.3 Å². The Labute approximate surface area is 141 Å². The van der Waals surface area contributed by atoms with E-state index >= 15 is 0 Å². The molecule has 126 valence electrons. The van der Waals surface area contributed by atoms with E-state index in [1.807, 2.05) is 22.9 Å². The molecule has 2 aromatic rings. The molecule has 2 heterocycles. The van der Waals surface area contributed by atoms with Crippen LogP contribution in [0.5, 0.6) is 0 Å². The second kappa shape index (κ2) is 6.67. The highest BCUT2D eigenvalue weighted by Crippen LogP contribution is 2.23. The molecule has 1 aliphatic rings. The van der Waals surface area contributed by atoms with Gasteiger partial charge in [-0.1, -0.05) is 12.1 Å². The largest absolute Gasteiger partial charge is 0.370 e. The van der Waals surface area contributed by atoms with Gasteiger partial charge in [0, 0.05) is 5.56 Å². The third-order valence-electron chi connectivity index (χ3n) is 4.28. The third-order valence-corrected chi connectivity index (χ3v) is 4.28. The Morgan fingerprint density at radius 3 is 2.71 bits per heavy atom. The molecule has 24 heavy (non-hydrogen) atoms. The van der Waals surface area contributed by atoms with Gasteiger partial charge < -0.3 is 9.64 Å². The van der Waals surface area contributed by atoms with E-state index in [0.717, 1.165) is 37.7 Å². The van der Waals surface area contributed by atoms with E-state index in [1.165, 1.54) is 4.90 Å². The summed E-state index contributed by atoms with van der Waals surface area (Å²) in [5, 5.41) is 21.7. The zero-order valence-electron chi connectivity index (χ0n) is 14.4. The summed E-state index contributed by atoms with van der Waals surface area (Å²) in [6.45, 7) is 9.48. The maximum atomic E-state index is 9.25. The molecule has 1 N–H and O–H groups in total. The molecule has 0 aliphatic carbocycles. The van der Waals surface area contributed by atoms with E-state index in [2.05, 4.69) is 48.4 Å². The van der Waals surface area contributed by atoms with Gasteiger partial charge in [-0.15, -0.1) is 5.10 Å². The van der Waals surface area contributed by atoms with Crippen molar-refractivity contribution in [3.8, 4) is 6.07 Å². The van der Waals surface area contributed by atoms with Gasteiger partial charge in [0.2, 0.25) is 5.82 Å². The molecule has 0 unspecified atom stereocenters. The Morgan fingerprint density at radius 1 is 1.29 bits per heavy atom. The fourth-order valence-electron chi connectivity index (χ4n) is 3.13. The van der Waals surface area contributed by atoms with Crippen LogP contribution in [0.1, 0.15) is 43.8 Å². The minimum atomic E-state index is -0.213. The number of quaternary nitrogens is 1. The average molecular weight is 327 g/mol. The second-order valence-corrected chi connectivity index (χ2v) is 7.06. The van der Waals surface area contributed by atoms with E-state index in [4.69, 9.17) is 4.74 Å². The minimum absolute atomic E-state index is 0.0172. The molecule has 7 heteroatoms. The van der Waals surface area contributed by atoms with E-state index in [-0.39, 0.29) is 11.6 Å². The maximum absolute atomic E-state index is 9.25. The number of tetrazole rings is 1. The van der Waals surface area contributed by atoms with E-state index in [9.17, 15) is 5.26 Å². The smallest absolute Gasteiger partial charge is 0.214 e. The molecule has 0 bridgehead atoms. The number of rotatable bonds is 3. The highest BCUT2D eigenvalue weighted by molar-refractivity contribution is 5.35. The Bertz CT molecular complexity index is 736. The summed E-state index contributed by atoms with van der Waals surface area (Å²) in [6.07, 6.45) is 0. The molecule has 1 atom stereocenters. The average Bonchev–Trinajstić information content (AvgIpc) is 3.06. The van der Waals surface area contributed by atoms with Crippen LogP contribution in [-0.4, -0.2) is 46.5 Å². The molecule has 1 saturated heterocycles. The van der Waals surface area contributed by atoms with Crippen molar-refractivity contribution >= 4 is 0 Å². The van der Waals surface area contributed by atoms with Gasteiger partial charge in [0.15, 0.2) is 6.04 Å². The Balaban J connectivity index is 2.09. The zero-order valence-corrected chi connectivity index (χ0v) is 14.4. The highest BCUT2D eigenvalue weighted by Gasteiger charge is 2.35. The number of morpholine rings is 1. The summed E-state index contributed by atoms with van der Waals surface area (Å²) in [5.74, 6) is 0.828. The predicted molar refractivity (Wildman–Crippen MR) is 87.3 cm³/mol. The van der Waals surface area contributed by atoms with Crippen molar-refractivity contribution in [3.63, 3.8) is 0 Å². The minimum Gasteiger partial charge on any atom is -0.370 e. The van der Waals surface area contributed by atoms with Crippen LogP contribution in [0.15, 0.2) is 24.3 Å². The molecular formula is C17H23N6O+. The summed E-state index contributed by atoms with van der Waals surface area (Å²) >= 11 is 0. The van der Waals surface area contributed by atoms with E-state index < -0.39 is 0 Å². The molecule has 1 aliphatic heterocycles. The van der Waals surface area contributed by atoms with Crippen LogP contribution >= 0.6 is 0 Å². The van der Waals surface area contributed by atoms with E-state index in [0.29, 0.717) is 5.56 Å². The summed E-state index contributed by atoms with van der Waals surface area (Å²) in [4.78, 5) is 1.36. The van der Waals surface area contributed by atoms with Crippen LogP contribution in [-0.2, 0) is 10.3 Å². The van der Waals surface area contributed by atoms with Crippen molar-refractivity contribution in [1.82, 2.24) is 20.2 Å². The Morgan fingerprint density at radius 2 is 2.04 bits per heavy atom. The van der Waals surface area contributed by atoms with Gasteiger partial charge in [-0.25, -0.2) is 4.68 Å². The number of benzene rings is 1. The van der Waals surface area contributed by atoms with Gasteiger partial charge in [0.25, 0.3) is 0 Å². The zero-order chi connectivity index (χ0) is 17.2. The Hall–Kier alpha value is -2.30. The summed E-state index contributed by atoms with van der Waals surface area (Å²) in [6, 6.07) is 9.94. The number of hydrogen-bond donors (Lipinski definition) is 1. The fourth-order valence-corrected chi connectivity index (χ4v) is 3.13. The Kier molecular flexibility index (Phi) is 4.60. The van der Waals surface area contributed by atoms with Crippen LogP contribution in [0.3, 0.4) is 0 Å². The summed E-state index contributed by atoms with van der Waals surface area (Å²) in [7, 11) is 0. The van der Waals surface area contributed by atoms with Crippen molar-refractivity contribution in [3.05, 3.63) is 41.2 Å². The lowest BCUT2D eigenvalue weighted by Crippen LogP contribution is -3.14. The third kappa shape index (κ3) is 3.30. The van der Waals surface area contributed by atoms with Crippen molar-refractivity contribution in [2.45, 2.75) is 32.4 Å². The predicted octanol–water partition coefficient (Wildman–Crippen LogP) is 0.304. The normalized spacial score (nSPS) is 17.4. The lowest BCUT2D eigenvalue weighted by molar-refractivity contribution is -0.933. The standard InChI is InChI=1S/C17H22N6O/c1-17(2,3)23-16(19-20-21-23)15(22-7-9-24-10-8-22)14-6-4-5-13(11-14)12-18/h4-6,11,15H,7-10H2,1-3H3/p+1/t15-/m0/s1. The number of nitrogens with zero attached hydrogens (tertiary/aromatic N) is 5. The number of ether oxygens (including phenoxy) is 1. The molecule has 0 saturated carbocycles. The topological polar surface area (TPSA) is 81.1 Å². The van der Waals surface area contributed by atoms with Gasteiger partial charge in [-0.3, -0.25) is 0 Å². The lowest BCUT2D eigenvalue weighted by Gasteiger charge is -2.32. The summed E-state index contributed by atoms with van der Waals surface area (Å²) in [5.41, 5.74) is 1.50. The van der Waals surface area contributed by atoms with E-state index in [1.54, 1.807) is 0 Å². The van der Waals surface area contributed by atoms with Gasteiger partial charge in [-0.05, 0) is 43.3 Å². The first kappa shape index (κ1) is 16.6. The molecule has 1 aromatic carbocycles. The number of nitrogens with one attached hydrogen (secondary N) is 1. The summed E-state index contributed by atoms with van der Waals surface area (Å²) < 4.78 is 7.40. The van der Waals surface area contributed by atoms with Crippen molar-refractivity contribution in [2.75, 3.05) is 26.3 Å². The molecule has 7 nitrogen and oxygen atoms in total. The van der Waals surface area contributed by atoms with Crippen LogP contribution in [0.25, 0.3) is 0 Å². The number of nitriles is 1. The maximum Gasteiger partial charge on any atom is 0.214 e. The first-order valence-electron chi connectivity index (χ1n) is 8.22. The van der Waals surface area contributed by atoms with Crippen molar-refractivity contribution in [1.29, 1.82) is 5.26 Å². The van der Waals surface area contributed by atoms with Crippen molar-refractivity contribution in [2.24, 2.45) is 0 Å². The first-order valence-corrected chi connectivity index (χ1v) is 8.22. The molecule has 1 aromatic heterocycles.